The van der Waals surface area contributed by atoms with Gasteiger partial charge in [-0.2, -0.15) is 0 Å². The molecule has 1 aliphatic rings. The van der Waals surface area contributed by atoms with Gasteiger partial charge in [-0.1, -0.05) is 117 Å². The first-order valence-electron chi connectivity index (χ1n) is 15.4. The van der Waals surface area contributed by atoms with Crippen LogP contribution in [0, 0.1) is 5.92 Å². The number of benzene rings is 4. The first-order valence-corrected chi connectivity index (χ1v) is 15.4. The maximum absolute atomic E-state index is 11.8. The first-order chi connectivity index (χ1) is 21.9. The number of nitrogens with one attached hydrogen (secondary N) is 1. The third-order valence-corrected chi connectivity index (χ3v) is 8.12. The van der Waals surface area contributed by atoms with E-state index < -0.39 is 12.4 Å². The molecule has 0 bridgehead atoms. The van der Waals surface area contributed by atoms with Crippen LogP contribution in [0.4, 0.5) is 4.79 Å². The predicted molar refractivity (Wildman–Crippen MR) is 176 cm³/mol. The molecule has 0 spiro atoms. The smallest absolute Gasteiger partial charge is 0.407 e. The molecule has 0 radical (unpaired) electrons. The van der Waals surface area contributed by atoms with E-state index in [0.717, 1.165) is 46.5 Å². The van der Waals surface area contributed by atoms with Crippen molar-refractivity contribution in [3.63, 3.8) is 0 Å². The monoisotopic (exact) mass is 606 g/mol. The molecule has 1 saturated heterocycles. The first kappa shape index (κ1) is 32.1. The minimum Gasteiger partial charge on any atom is -0.445 e. The van der Waals surface area contributed by atoms with E-state index in [2.05, 4.69) is 91.4 Å². The summed E-state index contributed by atoms with van der Waals surface area (Å²) in [5.41, 5.74) is 7.21. The fraction of sp³-hybridized carbons (Fsp3) is 0.289. The summed E-state index contributed by atoms with van der Waals surface area (Å²) in [5.74, 6) is 0.101. The third kappa shape index (κ3) is 8.68. The van der Waals surface area contributed by atoms with Gasteiger partial charge in [0.2, 0.25) is 0 Å². The van der Waals surface area contributed by atoms with Crippen LogP contribution in [0.2, 0.25) is 0 Å². The molecular weight excluding hydrogens is 564 g/mol. The van der Waals surface area contributed by atoms with Gasteiger partial charge in [0.1, 0.15) is 6.61 Å². The molecule has 7 heteroatoms. The summed E-state index contributed by atoms with van der Waals surface area (Å²) in [4.78, 5) is 14.1. The van der Waals surface area contributed by atoms with Crippen LogP contribution in [0.1, 0.15) is 47.1 Å². The number of carbonyl (C=O) groups excluding carboxylic acids is 1. The van der Waals surface area contributed by atoms with Gasteiger partial charge >= 0.3 is 6.09 Å². The molecule has 45 heavy (non-hydrogen) atoms. The molecule has 4 aromatic carbocycles. The van der Waals surface area contributed by atoms with Crippen LogP contribution in [0.3, 0.4) is 0 Å². The SMILES string of the molecule is C=CCOC(=O)NCc1cccc(-c2ccc([C@H]3O[C@@H](CN(C)Cc4ccccc4)[C@@H](C)[C@@H](c4ccc(CO)cc4)O3)cc2)c1. The number of alkyl carbamates (subject to hydrolysis) is 1. The largest absolute Gasteiger partial charge is 0.445 e. The molecular formula is C38H42N2O5. The summed E-state index contributed by atoms with van der Waals surface area (Å²) in [6.45, 7) is 7.87. The lowest BCUT2D eigenvalue weighted by Crippen LogP contribution is -2.43. The van der Waals surface area contributed by atoms with Crippen molar-refractivity contribution in [1.29, 1.82) is 0 Å². The molecule has 1 amide bonds. The Balaban J connectivity index is 1.32. The maximum atomic E-state index is 11.8. The van der Waals surface area contributed by atoms with E-state index in [0.29, 0.717) is 6.54 Å². The number of ether oxygens (including phenoxy) is 3. The number of hydrogen-bond acceptors (Lipinski definition) is 6. The van der Waals surface area contributed by atoms with Crippen molar-refractivity contribution in [2.24, 2.45) is 5.92 Å². The van der Waals surface area contributed by atoms with Crippen molar-refractivity contribution in [3.8, 4) is 11.1 Å². The van der Waals surface area contributed by atoms with Crippen molar-refractivity contribution in [1.82, 2.24) is 10.2 Å². The van der Waals surface area contributed by atoms with Crippen molar-refractivity contribution in [2.75, 3.05) is 20.2 Å². The maximum Gasteiger partial charge on any atom is 0.407 e. The lowest BCUT2D eigenvalue weighted by Gasteiger charge is -2.42. The van der Waals surface area contributed by atoms with E-state index in [1.165, 1.54) is 11.6 Å². The molecule has 7 nitrogen and oxygen atoms in total. The Kier molecular flexibility index (Phi) is 11.2. The topological polar surface area (TPSA) is 80.3 Å². The Bertz CT molecular complexity index is 1520. The quantitative estimate of drug-likeness (QED) is 0.166. The normalized spacial score (nSPS) is 19.6. The van der Waals surface area contributed by atoms with E-state index in [4.69, 9.17) is 14.2 Å². The Labute approximate surface area is 266 Å². The van der Waals surface area contributed by atoms with Crippen LogP contribution in [-0.4, -0.2) is 42.4 Å². The van der Waals surface area contributed by atoms with Crippen molar-refractivity contribution < 1.29 is 24.1 Å². The molecule has 234 valence electrons. The van der Waals surface area contributed by atoms with Crippen LogP contribution in [0.25, 0.3) is 11.1 Å². The van der Waals surface area contributed by atoms with Gasteiger partial charge in [0.15, 0.2) is 6.29 Å². The second kappa shape index (κ2) is 15.6. The van der Waals surface area contributed by atoms with Gasteiger partial charge in [0, 0.05) is 31.1 Å². The number of likely N-dealkylation sites (N-methyl/N-ethyl adjacent to an activating group) is 1. The molecule has 0 saturated carbocycles. The molecule has 5 rings (SSSR count). The molecule has 4 aromatic rings. The van der Waals surface area contributed by atoms with Gasteiger partial charge in [-0.15, -0.1) is 0 Å². The van der Waals surface area contributed by atoms with Gasteiger partial charge in [-0.3, -0.25) is 4.90 Å². The Morgan fingerprint density at radius 1 is 0.889 bits per heavy atom. The predicted octanol–water partition coefficient (Wildman–Crippen LogP) is 7.18. The van der Waals surface area contributed by atoms with Gasteiger partial charge in [0.05, 0.1) is 18.8 Å². The summed E-state index contributed by atoms with van der Waals surface area (Å²) < 4.78 is 18.3. The second-order valence-electron chi connectivity index (χ2n) is 11.6. The van der Waals surface area contributed by atoms with E-state index in [1.54, 1.807) is 0 Å². The van der Waals surface area contributed by atoms with Crippen LogP contribution in [0.15, 0.2) is 116 Å². The van der Waals surface area contributed by atoms with E-state index in [1.807, 2.05) is 42.5 Å². The summed E-state index contributed by atoms with van der Waals surface area (Å²) in [6, 6.07) is 34.8. The van der Waals surface area contributed by atoms with E-state index in [9.17, 15) is 9.90 Å². The van der Waals surface area contributed by atoms with Crippen LogP contribution < -0.4 is 5.32 Å². The highest BCUT2D eigenvalue weighted by Gasteiger charge is 2.38. The number of rotatable bonds is 12. The summed E-state index contributed by atoms with van der Waals surface area (Å²) in [7, 11) is 2.13. The molecule has 0 aromatic heterocycles. The highest BCUT2D eigenvalue weighted by Crippen LogP contribution is 2.42. The molecule has 1 heterocycles. The molecule has 2 N–H and O–H groups in total. The standard InChI is InChI=1S/C38H42N2O5/c1-4-21-43-38(42)39-23-30-11-8-12-34(22-30)31-17-19-33(20-18-31)37-44-35(25-40(3)24-28-9-6-5-7-10-28)27(2)36(45-37)32-15-13-29(26-41)14-16-32/h4-20,22,27,35-37,41H,1,21,23-26H2,2-3H3,(H,39,42)/t27-,35+,36+,37+/m1/s1. The molecule has 0 aliphatic carbocycles. The van der Waals surface area contributed by atoms with Gasteiger partial charge in [0.25, 0.3) is 0 Å². The average molecular weight is 607 g/mol. The van der Waals surface area contributed by atoms with Gasteiger partial charge in [-0.25, -0.2) is 4.79 Å². The number of amides is 1. The number of aliphatic hydroxyl groups excluding tert-OH is 1. The Morgan fingerprint density at radius 3 is 2.31 bits per heavy atom. The number of hydrogen-bond donors (Lipinski definition) is 2. The number of aliphatic hydroxyl groups is 1. The van der Waals surface area contributed by atoms with Crippen molar-refractivity contribution in [3.05, 3.63) is 144 Å². The zero-order valence-corrected chi connectivity index (χ0v) is 26.0. The van der Waals surface area contributed by atoms with E-state index >= 15 is 0 Å². The van der Waals surface area contributed by atoms with Crippen molar-refractivity contribution >= 4 is 6.09 Å². The third-order valence-electron chi connectivity index (χ3n) is 8.12. The highest BCUT2D eigenvalue weighted by molar-refractivity contribution is 5.68. The molecule has 1 fully saturated rings. The number of carbonyl (C=O) groups is 1. The second-order valence-corrected chi connectivity index (χ2v) is 11.6. The fourth-order valence-electron chi connectivity index (χ4n) is 5.65. The lowest BCUT2D eigenvalue weighted by atomic mass is 9.90. The summed E-state index contributed by atoms with van der Waals surface area (Å²) in [5, 5.41) is 12.3. The zero-order valence-electron chi connectivity index (χ0n) is 26.0. The van der Waals surface area contributed by atoms with Crippen LogP contribution in [-0.2, 0) is 33.9 Å². The van der Waals surface area contributed by atoms with E-state index in [-0.39, 0.29) is 31.3 Å². The highest BCUT2D eigenvalue weighted by atomic mass is 16.7. The summed E-state index contributed by atoms with van der Waals surface area (Å²) in [6.07, 6.45) is 0.285. The molecule has 0 unspecified atom stereocenters. The van der Waals surface area contributed by atoms with Crippen molar-refractivity contribution in [2.45, 2.75) is 45.1 Å². The molecule has 1 aliphatic heterocycles. The zero-order chi connectivity index (χ0) is 31.6. The molecule has 4 atom stereocenters. The summed E-state index contributed by atoms with van der Waals surface area (Å²) >= 11 is 0. The minimum atomic E-state index is -0.537. The average Bonchev–Trinajstić information content (AvgIpc) is 3.08. The fourth-order valence-corrected chi connectivity index (χ4v) is 5.65. The van der Waals surface area contributed by atoms with Crippen LogP contribution >= 0.6 is 0 Å². The Morgan fingerprint density at radius 2 is 1.60 bits per heavy atom. The van der Waals surface area contributed by atoms with Gasteiger partial charge in [-0.05, 0) is 46.5 Å². The minimum absolute atomic E-state index is 0.00798. The van der Waals surface area contributed by atoms with Crippen LogP contribution in [0.5, 0.6) is 0 Å². The number of nitrogens with zero attached hydrogens (tertiary/aromatic N) is 1. The van der Waals surface area contributed by atoms with Gasteiger partial charge < -0.3 is 24.6 Å². The Hall–Kier alpha value is -4.27. The lowest BCUT2D eigenvalue weighted by molar-refractivity contribution is -0.276.